The van der Waals surface area contributed by atoms with E-state index in [0.717, 1.165) is 22.2 Å². The Bertz CT molecular complexity index is 820. The molecule has 23 heavy (non-hydrogen) atoms. The Labute approximate surface area is 133 Å². The van der Waals surface area contributed by atoms with Gasteiger partial charge in [0, 0.05) is 0 Å². The topological polar surface area (TPSA) is 82.2 Å². The molecule has 2 aromatic carbocycles. The highest BCUT2D eigenvalue weighted by atomic mass is 16.2. The van der Waals surface area contributed by atoms with E-state index in [0.29, 0.717) is 5.95 Å². The van der Waals surface area contributed by atoms with Gasteiger partial charge in [0.2, 0.25) is 5.95 Å². The number of H-pyrrole nitrogens is 1. The third kappa shape index (κ3) is 3.94. The number of rotatable bonds is 5. The van der Waals surface area contributed by atoms with Gasteiger partial charge in [0.05, 0.1) is 23.8 Å². The van der Waals surface area contributed by atoms with Crippen LogP contribution in [0.1, 0.15) is 11.1 Å². The van der Waals surface area contributed by atoms with E-state index in [1.165, 1.54) is 0 Å². The largest absolute Gasteiger partial charge is 0.347 e. The first-order valence-corrected chi connectivity index (χ1v) is 7.28. The molecule has 0 bridgehead atoms. The van der Waals surface area contributed by atoms with Crippen molar-refractivity contribution in [3.05, 3.63) is 59.7 Å². The number of hydrogen-bond acceptors (Lipinski definition) is 4. The zero-order valence-electron chi connectivity index (χ0n) is 12.7. The maximum Gasteiger partial charge on any atom is 0.259 e. The molecule has 6 heteroatoms. The summed E-state index contributed by atoms with van der Waals surface area (Å²) in [5.41, 5.74) is 6.34. The minimum Gasteiger partial charge on any atom is -0.347 e. The molecule has 0 atom stereocenters. The molecule has 0 unspecified atom stereocenters. The zero-order valence-corrected chi connectivity index (χ0v) is 12.7. The van der Waals surface area contributed by atoms with E-state index in [1.54, 1.807) is 6.21 Å². The van der Waals surface area contributed by atoms with Gasteiger partial charge in [0.1, 0.15) is 0 Å². The van der Waals surface area contributed by atoms with E-state index in [9.17, 15) is 4.79 Å². The molecule has 0 spiro atoms. The number of amides is 1. The van der Waals surface area contributed by atoms with Crippen LogP contribution in [0.5, 0.6) is 0 Å². The maximum atomic E-state index is 11.8. The number of aromatic amines is 1. The summed E-state index contributed by atoms with van der Waals surface area (Å²) in [4.78, 5) is 19.2. The molecule has 0 saturated heterocycles. The summed E-state index contributed by atoms with van der Waals surface area (Å²) >= 11 is 0. The Morgan fingerprint density at radius 3 is 2.96 bits per heavy atom. The first-order valence-electron chi connectivity index (χ1n) is 7.28. The number of carbonyl (C=O) groups is 1. The third-order valence-corrected chi connectivity index (χ3v) is 3.25. The van der Waals surface area contributed by atoms with Crippen molar-refractivity contribution < 1.29 is 4.79 Å². The minimum absolute atomic E-state index is 0.0883. The van der Waals surface area contributed by atoms with Gasteiger partial charge in [-0.05, 0) is 24.6 Å². The maximum absolute atomic E-state index is 11.8. The van der Waals surface area contributed by atoms with Gasteiger partial charge in [0.25, 0.3) is 5.91 Å². The zero-order chi connectivity index (χ0) is 16.1. The highest BCUT2D eigenvalue weighted by Gasteiger charge is 2.03. The van der Waals surface area contributed by atoms with Crippen LogP contribution in [0, 0.1) is 6.92 Å². The lowest BCUT2D eigenvalue weighted by Gasteiger charge is -2.01. The van der Waals surface area contributed by atoms with E-state index in [-0.39, 0.29) is 12.5 Å². The first-order chi connectivity index (χ1) is 11.2. The first kappa shape index (κ1) is 14.8. The quantitative estimate of drug-likeness (QED) is 0.500. The van der Waals surface area contributed by atoms with Crippen LogP contribution in [-0.4, -0.2) is 28.6 Å². The standard InChI is InChI=1S/C17H17N5O/c1-12-5-4-6-13(9-12)10-19-22-16(23)11-18-17-20-14-7-2-3-8-15(14)21-17/h2-10H,11H2,1H3,(H,22,23)(H2,18,20,21)/b19-10+. The Balaban J connectivity index is 1.51. The number of aromatic nitrogens is 2. The average Bonchev–Trinajstić information content (AvgIpc) is 2.96. The van der Waals surface area contributed by atoms with Crippen LogP contribution in [0.3, 0.4) is 0 Å². The van der Waals surface area contributed by atoms with Crippen molar-refractivity contribution in [3.63, 3.8) is 0 Å². The predicted molar refractivity (Wildman–Crippen MR) is 91.5 cm³/mol. The number of imidazole rings is 1. The molecular formula is C17H17N5O. The highest BCUT2D eigenvalue weighted by molar-refractivity contribution is 5.84. The van der Waals surface area contributed by atoms with E-state index in [1.807, 2.05) is 55.5 Å². The van der Waals surface area contributed by atoms with Gasteiger partial charge < -0.3 is 10.3 Å². The average molecular weight is 307 g/mol. The Morgan fingerprint density at radius 2 is 2.13 bits per heavy atom. The number of carbonyl (C=O) groups excluding carboxylic acids is 1. The van der Waals surface area contributed by atoms with Crippen molar-refractivity contribution >= 4 is 29.1 Å². The number of nitrogens with zero attached hydrogens (tertiary/aromatic N) is 2. The molecule has 1 amide bonds. The fraction of sp³-hybridized carbons (Fsp3) is 0.118. The summed E-state index contributed by atoms with van der Waals surface area (Å²) in [7, 11) is 0. The molecule has 1 heterocycles. The second kappa shape index (κ2) is 6.74. The van der Waals surface area contributed by atoms with Crippen molar-refractivity contribution in [2.45, 2.75) is 6.92 Å². The van der Waals surface area contributed by atoms with Crippen molar-refractivity contribution in [3.8, 4) is 0 Å². The van der Waals surface area contributed by atoms with Crippen molar-refractivity contribution in [2.24, 2.45) is 5.10 Å². The third-order valence-electron chi connectivity index (χ3n) is 3.25. The molecule has 0 aliphatic carbocycles. The number of hydrogen-bond donors (Lipinski definition) is 3. The fourth-order valence-electron chi connectivity index (χ4n) is 2.17. The van der Waals surface area contributed by atoms with Crippen LogP contribution in [0.15, 0.2) is 53.6 Å². The number of fused-ring (bicyclic) bond motifs is 1. The molecule has 0 fully saturated rings. The van der Waals surface area contributed by atoms with Crippen LogP contribution >= 0.6 is 0 Å². The molecule has 0 aliphatic heterocycles. The van der Waals surface area contributed by atoms with Gasteiger partial charge in [-0.3, -0.25) is 4.79 Å². The van der Waals surface area contributed by atoms with Gasteiger partial charge in [-0.2, -0.15) is 5.10 Å². The Morgan fingerprint density at radius 1 is 1.26 bits per heavy atom. The molecule has 0 aliphatic rings. The van der Waals surface area contributed by atoms with E-state index in [4.69, 9.17) is 0 Å². The van der Waals surface area contributed by atoms with Gasteiger partial charge in [-0.1, -0.05) is 42.0 Å². The summed E-state index contributed by atoms with van der Waals surface area (Å²) < 4.78 is 0. The number of hydrazone groups is 1. The summed E-state index contributed by atoms with van der Waals surface area (Å²) in [6, 6.07) is 15.5. The second-order valence-corrected chi connectivity index (χ2v) is 5.16. The van der Waals surface area contributed by atoms with E-state index < -0.39 is 0 Å². The molecule has 6 nitrogen and oxygen atoms in total. The summed E-state index contributed by atoms with van der Waals surface area (Å²) in [5.74, 6) is 0.318. The lowest BCUT2D eigenvalue weighted by molar-refractivity contribution is -0.119. The predicted octanol–water partition coefficient (Wildman–Crippen LogP) is 2.43. The number of anilines is 1. The van der Waals surface area contributed by atoms with Gasteiger partial charge >= 0.3 is 0 Å². The number of nitrogens with one attached hydrogen (secondary N) is 3. The SMILES string of the molecule is Cc1cccc(/C=N/NC(=O)CNc2nc3ccccc3[nH]2)c1. The molecule has 3 aromatic rings. The monoisotopic (exact) mass is 307 g/mol. The van der Waals surface area contributed by atoms with Crippen LogP contribution in [0.4, 0.5) is 5.95 Å². The molecule has 3 rings (SSSR count). The minimum atomic E-state index is -0.241. The van der Waals surface area contributed by atoms with Crippen LogP contribution in [-0.2, 0) is 4.79 Å². The number of benzene rings is 2. The molecule has 1 aromatic heterocycles. The summed E-state index contributed by atoms with van der Waals surface area (Å²) in [6.45, 7) is 2.10. The smallest absolute Gasteiger partial charge is 0.259 e. The van der Waals surface area contributed by atoms with E-state index >= 15 is 0 Å². The lowest BCUT2D eigenvalue weighted by Crippen LogP contribution is -2.26. The number of aryl methyl sites for hydroxylation is 1. The molecular weight excluding hydrogens is 290 g/mol. The lowest BCUT2D eigenvalue weighted by atomic mass is 10.2. The van der Waals surface area contributed by atoms with Crippen molar-refractivity contribution in [1.82, 2.24) is 15.4 Å². The molecule has 0 radical (unpaired) electrons. The number of para-hydroxylation sites is 2. The summed E-state index contributed by atoms with van der Waals surface area (Å²) in [6.07, 6.45) is 1.62. The molecule has 0 saturated carbocycles. The van der Waals surface area contributed by atoms with Crippen molar-refractivity contribution in [1.29, 1.82) is 0 Å². The second-order valence-electron chi connectivity index (χ2n) is 5.16. The molecule has 116 valence electrons. The van der Waals surface area contributed by atoms with Crippen LogP contribution in [0.2, 0.25) is 0 Å². The van der Waals surface area contributed by atoms with Crippen LogP contribution < -0.4 is 10.7 Å². The van der Waals surface area contributed by atoms with E-state index in [2.05, 4.69) is 25.8 Å². The normalized spacial score (nSPS) is 11.0. The van der Waals surface area contributed by atoms with Crippen molar-refractivity contribution in [2.75, 3.05) is 11.9 Å². The Kier molecular flexibility index (Phi) is 4.33. The Hall–Kier alpha value is -3.15. The molecule has 3 N–H and O–H groups in total. The fourth-order valence-corrected chi connectivity index (χ4v) is 2.17. The highest BCUT2D eigenvalue weighted by Crippen LogP contribution is 2.12. The van der Waals surface area contributed by atoms with Gasteiger partial charge in [-0.15, -0.1) is 0 Å². The summed E-state index contributed by atoms with van der Waals surface area (Å²) in [5, 5.41) is 6.88. The van der Waals surface area contributed by atoms with Crippen LogP contribution in [0.25, 0.3) is 11.0 Å². The van der Waals surface area contributed by atoms with Gasteiger partial charge in [0.15, 0.2) is 0 Å². The van der Waals surface area contributed by atoms with Gasteiger partial charge in [-0.25, -0.2) is 10.4 Å².